The second-order valence-corrected chi connectivity index (χ2v) is 10.7. The van der Waals surface area contributed by atoms with Crippen LogP contribution in [0.5, 0.6) is 11.5 Å². The van der Waals surface area contributed by atoms with Crippen molar-refractivity contribution >= 4 is 63.7 Å². The molecule has 0 aromatic heterocycles. The smallest absolute Gasteiger partial charge is 0.221 e. The molecule has 0 amide bonds. The van der Waals surface area contributed by atoms with Gasteiger partial charge in [-0.15, -0.1) is 0 Å². The average Bonchev–Trinajstić information content (AvgIpc) is 2.78. The molecule has 0 radical (unpaired) electrons. The first-order valence-electron chi connectivity index (χ1n) is 10.4. The monoisotopic (exact) mass is 716 g/mol. The van der Waals surface area contributed by atoms with E-state index in [2.05, 4.69) is 77.6 Å². The van der Waals surface area contributed by atoms with Crippen molar-refractivity contribution in [3.05, 3.63) is 53.3 Å². The first-order valence-corrected chi connectivity index (χ1v) is 13.5. The highest BCUT2D eigenvalue weighted by Gasteiger charge is 2.33. The number of hydrogen-bond donors (Lipinski definition) is 2. The van der Waals surface area contributed by atoms with Crippen molar-refractivity contribution in [3.8, 4) is 11.5 Å². The summed E-state index contributed by atoms with van der Waals surface area (Å²) in [4.78, 5) is 0. The van der Waals surface area contributed by atoms with Crippen LogP contribution in [0.3, 0.4) is 0 Å². The first kappa shape index (κ1) is 29.0. The summed E-state index contributed by atoms with van der Waals surface area (Å²) in [5.74, 6) is 1.00. The van der Waals surface area contributed by atoms with Gasteiger partial charge in [0.2, 0.25) is 12.6 Å². The molecule has 2 atom stereocenters. The predicted octanol–water partition coefficient (Wildman–Crippen LogP) is 6.53. The molecule has 33 heavy (non-hydrogen) atoms. The van der Waals surface area contributed by atoms with Gasteiger partial charge in [0.05, 0.1) is 8.95 Å². The van der Waals surface area contributed by atoms with Crippen LogP contribution in [0.25, 0.3) is 0 Å². The van der Waals surface area contributed by atoms with E-state index < -0.39 is 18.0 Å². The zero-order valence-corrected chi connectivity index (χ0v) is 25.2. The normalized spacial score (nSPS) is 13.6. The van der Waals surface area contributed by atoms with Crippen LogP contribution in [0.15, 0.2) is 42.2 Å². The lowest BCUT2D eigenvalue weighted by atomic mass is 9.78. The van der Waals surface area contributed by atoms with E-state index in [9.17, 15) is 10.2 Å². The Kier molecular flexibility index (Phi) is 11.6. The lowest BCUT2D eigenvalue weighted by Crippen LogP contribution is -2.24. The van der Waals surface area contributed by atoms with E-state index in [1.807, 2.05) is 38.1 Å². The van der Waals surface area contributed by atoms with Gasteiger partial charge in [-0.05, 0) is 101 Å². The molecule has 0 saturated heterocycles. The molecule has 0 bridgehead atoms. The zero-order valence-electron chi connectivity index (χ0n) is 18.8. The van der Waals surface area contributed by atoms with Gasteiger partial charge < -0.3 is 29.2 Å². The molecule has 0 aliphatic carbocycles. The van der Waals surface area contributed by atoms with E-state index in [4.69, 9.17) is 18.9 Å². The van der Waals surface area contributed by atoms with Gasteiger partial charge in [-0.1, -0.05) is 26.0 Å². The molecule has 0 fully saturated rings. The second kappa shape index (κ2) is 13.2. The van der Waals surface area contributed by atoms with Crippen LogP contribution >= 0.6 is 63.7 Å². The van der Waals surface area contributed by atoms with Gasteiger partial charge in [0.15, 0.2) is 5.75 Å². The van der Waals surface area contributed by atoms with Gasteiger partial charge in [-0.25, -0.2) is 0 Å². The Labute approximate surface area is 228 Å². The molecule has 0 spiro atoms. The standard InChI is InChI=1S/C23H28Br4O6/c1-5-30-11-15(28)32-14-9-7-13(8-10-14)23(3,4)17-18(24)20(26)22(21(27)19(17)25)33-16(29)12-31-6-2/h7-10,15-16,28-29H,5-6,11-12H2,1-4H3. The summed E-state index contributed by atoms with van der Waals surface area (Å²) in [6.07, 6.45) is -2.13. The number of benzene rings is 2. The van der Waals surface area contributed by atoms with Gasteiger partial charge in [-0.3, -0.25) is 0 Å². The number of halogens is 4. The summed E-state index contributed by atoms with van der Waals surface area (Å²) < 4.78 is 24.5. The molecular formula is C23H28Br4O6. The third-order valence-corrected chi connectivity index (χ3v) is 9.04. The third-order valence-electron chi connectivity index (χ3n) is 4.88. The minimum absolute atomic E-state index is 0.0611. The van der Waals surface area contributed by atoms with E-state index in [-0.39, 0.29) is 13.2 Å². The maximum Gasteiger partial charge on any atom is 0.221 e. The van der Waals surface area contributed by atoms with Crippen LogP contribution < -0.4 is 9.47 Å². The Bertz CT molecular complexity index is 891. The summed E-state index contributed by atoms with van der Waals surface area (Å²) in [5.41, 5.74) is 1.56. The number of aliphatic hydroxyl groups is 2. The summed E-state index contributed by atoms with van der Waals surface area (Å²) in [7, 11) is 0. The van der Waals surface area contributed by atoms with Gasteiger partial charge in [0.1, 0.15) is 19.0 Å². The van der Waals surface area contributed by atoms with E-state index >= 15 is 0 Å². The summed E-state index contributed by atoms with van der Waals surface area (Å²) in [5, 5.41) is 20.1. The number of aliphatic hydroxyl groups excluding tert-OH is 2. The highest BCUT2D eigenvalue weighted by atomic mass is 79.9. The largest absolute Gasteiger partial charge is 0.463 e. The van der Waals surface area contributed by atoms with Crippen molar-refractivity contribution < 1.29 is 29.2 Å². The Morgan fingerprint density at radius 2 is 1.21 bits per heavy atom. The summed E-state index contributed by atoms with van der Waals surface area (Å²) in [6, 6.07) is 7.55. The predicted molar refractivity (Wildman–Crippen MR) is 142 cm³/mol. The molecule has 0 aliphatic heterocycles. The van der Waals surface area contributed by atoms with Crippen molar-refractivity contribution in [2.45, 2.75) is 45.7 Å². The van der Waals surface area contributed by atoms with Gasteiger partial charge in [-0.2, -0.15) is 0 Å². The molecule has 2 unspecified atom stereocenters. The molecule has 2 N–H and O–H groups in total. The SMILES string of the molecule is CCOCC(O)Oc1ccc(C(C)(C)c2c(Br)c(Br)c(OC(O)COCC)c(Br)c2Br)cc1. The molecule has 2 aromatic rings. The maximum atomic E-state index is 10.2. The summed E-state index contributed by atoms with van der Waals surface area (Å²) in [6.45, 7) is 9.08. The lowest BCUT2D eigenvalue weighted by Gasteiger charge is -2.31. The fourth-order valence-electron chi connectivity index (χ4n) is 3.16. The van der Waals surface area contributed by atoms with Crippen LogP contribution in [-0.2, 0) is 14.9 Å². The van der Waals surface area contributed by atoms with Crippen LogP contribution in [0.4, 0.5) is 0 Å². The van der Waals surface area contributed by atoms with Crippen LogP contribution in [0.1, 0.15) is 38.8 Å². The average molecular weight is 720 g/mol. The molecule has 10 heteroatoms. The van der Waals surface area contributed by atoms with Crippen molar-refractivity contribution in [2.24, 2.45) is 0 Å². The van der Waals surface area contributed by atoms with E-state index in [0.29, 0.717) is 33.7 Å². The molecule has 0 aliphatic rings. The molecular weight excluding hydrogens is 692 g/mol. The Morgan fingerprint density at radius 3 is 1.67 bits per heavy atom. The van der Waals surface area contributed by atoms with Crippen molar-refractivity contribution in [3.63, 3.8) is 0 Å². The zero-order chi connectivity index (χ0) is 24.8. The fraction of sp³-hybridized carbons (Fsp3) is 0.478. The highest BCUT2D eigenvalue weighted by Crippen LogP contribution is 2.51. The maximum absolute atomic E-state index is 10.2. The Morgan fingerprint density at radius 1 is 0.758 bits per heavy atom. The first-order chi connectivity index (χ1) is 15.5. The van der Waals surface area contributed by atoms with Gasteiger partial charge in [0, 0.05) is 27.6 Å². The van der Waals surface area contributed by atoms with Crippen LogP contribution in [0, 0.1) is 0 Å². The second-order valence-electron chi connectivity index (χ2n) is 7.57. The number of ether oxygens (including phenoxy) is 4. The summed E-state index contributed by atoms with van der Waals surface area (Å²) >= 11 is 14.6. The highest BCUT2D eigenvalue weighted by molar-refractivity contribution is 9.14. The Balaban J connectivity index is 2.35. The van der Waals surface area contributed by atoms with Gasteiger partial charge in [0.25, 0.3) is 0 Å². The topological polar surface area (TPSA) is 77.4 Å². The van der Waals surface area contributed by atoms with E-state index in [1.165, 1.54) is 0 Å². The molecule has 184 valence electrons. The molecule has 2 aromatic carbocycles. The minimum atomic E-state index is -1.11. The van der Waals surface area contributed by atoms with Crippen LogP contribution in [0.2, 0.25) is 0 Å². The molecule has 2 rings (SSSR count). The molecule has 0 saturated carbocycles. The third kappa shape index (κ3) is 7.39. The number of hydrogen-bond acceptors (Lipinski definition) is 6. The number of rotatable bonds is 12. The quantitative estimate of drug-likeness (QED) is 0.192. The fourth-order valence-corrected chi connectivity index (χ4v) is 6.42. The van der Waals surface area contributed by atoms with E-state index in [0.717, 1.165) is 20.1 Å². The lowest BCUT2D eigenvalue weighted by molar-refractivity contribution is -0.0758. The van der Waals surface area contributed by atoms with Crippen molar-refractivity contribution in [2.75, 3.05) is 26.4 Å². The van der Waals surface area contributed by atoms with Crippen molar-refractivity contribution in [1.82, 2.24) is 0 Å². The molecule has 6 nitrogen and oxygen atoms in total. The molecule has 0 heterocycles. The Hall–Kier alpha value is -0.200. The van der Waals surface area contributed by atoms with Crippen LogP contribution in [-0.4, -0.2) is 49.2 Å². The van der Waals surface area contributed by atoms with Crippen molar-refractivity contribution in [1.29, 1.82) is 0 Å². The van der Waals surface area contributed by atoms with Gasteiger partial charge >= 0.3 is 0 Å². The van der Waals surface area contributed by atoms with E-state index in [1.54, 1.807) is 0 Å². The minimum Gasteiger partial charge on any atom is -0.463 e.